The standard InChI is InChI=1S/C15H10F5N3O3S/c16-12(17)13(26)23-11-7(2-1-3-8(11)15(18,19)20)9(24)6-10(25)22-14-21-4-5-27-14/h1-5,12H,6H2,(H,23,26)(H,21,22,25). The smallest absolute Gasteiger partial charge is 0.320 e. The number of hydrogen-bond acceptors (Lipinski definition) is 5. The maximum Gasteiger partial charge on any atom is 0.418 e. The van der Waals surface area contributed by atoms with E-state index in [9.17, 15) is 36.3 Å². The van der Waals surface area contributed by atoms with Gasteiger partial charge in [-0.25, -0.2) is 4.98 Å². The van der Waals surface area contributed by atoms with Gasteiger partial charge in [-0.1, -0.05) is 6.07 Å². The van der Waals surface area contributed by atoms with Crippen LogP contribution in [-0.2, 0) is 15.8 Å². The molecule has 0 aliphatic heterocycles. The van der Waals surface area contributed by atoms with Gasteiger partial charge in [0.2, 0.25) is 5.91 Å². The molecule has 0 unspecified atom stereocenters. The number of rotatable bonds is 6. The number of nitrogens with one attached hydrogen (secondary N) is 2. The van der Waals surface area contributed by atoms with E-state index >= 15 is 0 Å². The largest absolute Gasteiger partial charge is 0.418 e. The summed E-state index contributed by atoms with van der Waals surface area (Å²) in [6.45, 7) is 0. The molecule has 1 heterocycles. The van der Waals surface area contributed by atoms with E-state index in [0.29, 0.717) is 6.07 Å². The van der Waals surface area contributed by atoms with Crippen LogP contribution in [0.2, 0.25) is 0 Å². The van der Waals surface area contributed by atoms with E-state index < -0.39 is 53.4 Å². The number of Topliss-reactive ketones (excluding diaryl/α,β-unsaturated/α-hetero) is 1. The Morgan fingerprint density at radius 2 is 1.85 bits per heavy atom. The minimum Gasteiger partial charge on any atom is -0.320 e. The molecule has 12 heteroatoms. The molecule has 27 heavy (non-hydrogen) atoms. The summed E-state index contributed by atoms with van der Waals surface area (Å²) in [6.07, 6.45) is -8.11. The first-order chi connectivity index (χ1) is 12.6. The third-order valence-electron chi connectivity index (χ3n) is 3.12. The monoisotopic (exact) mass is 407 g/mol. The fraction of sp³-hybridized carbons (Fsp3) is 0.200. The Hall–Kier alpha value is -2.89. The van der Waals surface area contributed by atoms with E-state index in [1.165, 1.54) is 11.5 Å². The van der Waals surface area contributed by atoms with Crippen LogP contribution in [0.5, 0.6) is 0 Å². The molecule has 6 nitrogen and oxygen atoms in total. The molecule has 1 aromatic heterocycles. The van der Waals surface area contributed by atoms with Crippen LogP contribution in [0, 0.1) is 0 Å². The third kappa shape index (κ3) is 5.29. The van der Waals surface area contributed by atoms with Crippen molar-refractivity contribution in [3.63, 3.8) is 0 Å². The van der Waals surface area contributed by atoms with Gasteiger partial charge in [-0.15, -0.1) is 11.3 Å². The molecule has 0 saturated heterocycles. The first-order valence-electron chi connectivity index (χ1n) is 7.11. The first kappa shape index (κ1) is 20.4. The number of alkyl halides is 5. The van der Waals surface area contributed by atoms with Gasteiger partial charge in [0, 0.05) is 17.1 Å². The van der Waals surface area contributed by atoms with Crippen molar-refractivity contribution in [1.29, 1.82) is 0 Å². The van der Waals surface area contributed by atoms with E-state index in [1.54, 1.807) is 5.38 Å². The summed E-state index contributed by atoms with van der Waals surface area (Å²) in [6, 6.07) is 2.29. The van der Waals surface area contributed by atoms with Crippen molar-refractivity contribution < 1.29 is 36.3 Å². The topological polar surface area (TPSA) is 88.2 Å². The molecule has 2 rings (SSSR count). The van der Waals surface area contributed by atoms with Crippen molar-refractivity contribution in [3.8, 4) is 0 Å². The van der Waals surface area contributed by atoms with Crippen LogP contribution >= 0.6 is 11.3 Å². The number of anilines is 2. The summed E-state index contributed by atoms with van der Waals surface area (Å²) in [5, 5.41) is 5.39. The second-order valence-electron chi connectivity index (χ2n) is 5.00. The molecular formula is C15H10F5N3O3S. The van der Waals surface area contributed by atoms with Gasteiger partial charge in [-0.2, -0.15) is 22.0 Å². The second-order valence-corrected chi connectivity index (χ2v) is 5.90. The van der Waals surface area contributed by atoms with Gasteiger partial charge in [0.05, 0.1) is 17.7 Å². The van der Waals surface area contributed by atoms with Crippen LogP contribution in [0.1, 0.15) is 22.3 Å². The van der Waals surface area contributed by atoms with Gasteiger partial charge >= 0.3 is 12.6 Å². The minimum absolute atomic E-state index is 0.170. The summed E-state index contributed by atoms with van der Waals surface area (Å²) in [4.78, 5) is 39.0. The number of para-hydroxylation sites is 1. The molecule has 2 amide bonds. The zero-order valence-corrected chi connectivity index (χ0v) is 14.0. The lowest BCUT2D eigenvalue weighted by Gasteiger charge is -2.17. The molecule has 0 aliphatic carbocycles. The number of aromatic nitrogens is 1. The van der Waals surface area contributed by atoms with Crippen molar-refractivity contribution in [2.24, 2.45) is 0 Å². The highest BCUT2D eigenvalue weighted by atomic mass is 32.1. The predicted molar refractivity (Wildman–Crippen MR) is 85.8 cm³/mol. The van der Waals surface area contributed by atoms with Gasteiger partial charge < -0.3 is 10.6 Å². The zero-order chi connectivity index (χ0) is 20.2. The van der Waals surface area contributed by atoms with Crippen LogP contribution < -0.4 is 10.6 Å². The minimum atomic E-state index is -5.02. The van der Waals surface area contributed by atoms with E-state index in [0.717, 1.165) is 23.5 Å². The Labute approximate surface area is 152 Å². The maximum absolute atomic E-state index is 13.1. The summed E-state index contributed by atoms with van der Waals surface area (Å²) >= 11 is 1.05. The van der Waals surface area contributed by atoms with Gasteiger partial charge in [-0.3, -0.25) is 14.4 Å². The highest BCUT2D eigenvalue weighted by Crippen LogP contribution is 2.37. The van der Waals surface area contributed by atoms with Crippen LogP contribution in [0.4, 0.5) is 32.8 Å². The Balaban J connectivity index is 2.32. The maximum atomic E-state index is 13.1. The van der Waals surface area contributed by atoms with Crippen molar-refractivity contribution in [1.82, 2.24) is 4.98 Å². The van der Waals surface area contributed by atoms with Crippen LogP contribution in [0.25, 0.3) is 0 Å². The van der Waals surface area contributed by atoms with Gasteiger partial charge in [0.15, 0.2) is 10.9 Å². The van der Waals surface area contributed by atoms with E-state index in [-0.39, 0.29) is 5.13 Å². The Bertz CT molecular complexity index is 853. The summed E-state index contributed by atoms with van der Waals surface area (Å²) < 4.78 is 64.3. The molecule has 144 valence electrons. The summed E-state index contributed by atoms with van der Waals surface area (Å²) in [5.74, 6) is -3.97. The van der Waals surface area contributed by atoms with Crippen LogP contribution in [-0.4, -0.2) is 29.0 Å². The molecule has 0 aliphatic rings. The number of nitrogens with zero attached hydrogens (tertiary/aromatic N) is 1. The van der Waals surface area contributed by atoms with Crippen molar-refractivity contribution in [3.05, 3.63) is 40.9 Å². The predicted octanol–water partition coefficient (Wildman–Crippen LogP) is 3.58. The molecule has 0 bridgehead atoms. The number of benzene rings is 1. The van der Waals surface area contributed by atoms with Gasteiger partial charge in [0.25, 0.3) is 5.91 Å². The number of carbonyl (C=O) groups excluding carboxylic acids is 3. The molecule has 0 atom stereocenters. The Morgan fingerprint density at radius 3 is 2.41 bits per heavy atom. The fourth-order valence-electron chi connectivity index (χ4n) is 2.02. The molecule has 0 fully saturated rings. The number of halogens is 5. The SMILES string of the molecule is O=C(CC(=O)c1cccc(C(F)(F)F)c1NC(=O)C(F)F)Nc1nccs1. The van der Waals surface area contributed by atoms with Gasteiger partial charge in [-0.05, 0) is 12.1 Å². The Kier molecular flexibility index (Phi) is 6.20. The van der Waals surface area contributed by atoms with Crippen LogP contribution in [0.15, 0.2) is 29.8 Å². The highest BCUT2D eigenvalue weighted by Gasteiger charge is 2.36. The number of thiazole rings is 1. The van der Waals surface area contributed by atoms with Crippen molar-refractivity contribution in [2.45, 2.75) is 19.0 Å². The fourth-order valence-corrected chi connectivity index (χ4v) is 2.57. The molecule has 2 aromatic rings. The molecule has 2 N–H and O–H groups in total. The number of amides is 2. The summed E-state index contributed by atoms with van der Waals surface area (Å²) in [7, 11) is 0. The average Bonchev–Trinajstić information content (AvgIpc) is 3.06. The first-order valence-corrected chi connectivity index (χ1v) is 7.99. The lowest BCUT2D eigenvalue weighted by Crippen LogP contribution is -2.25. The molecular weight excluding hydrogens is 397 g/mol. The van der Waals surface area contributed by atoms with E-state index in [1.807, 2.05) is 0 Å². The number of carbonyl (C=O) groups is 3. The number of hydrogen-bond donors (Lipinski definition) is 2. The normalized spacial score (nSPS) is 11.3. The highest BCUT2D eigenvalue weighted by molar-refractivity contribution is 7.13. The number of ketones is 1. The Morgan fingerprint density at radius 1 is 1.15 bits per heavy atom. The van der Waals surface area contributed by atoms with Crippen molar-refractivity contribution >= 4 is 39.8 Å². The average molecular weight is 407 g/mol. The molecule has 0 radical (unpaired) electrons. The van der Waals surface area contributed by atoms with E-state index in [2.05, 4.69) is 10.3 Å². The zero-order valence-electron chi connectivity index (χ0n) is 13.1. The van der Waals surface area contributed by atoms with Crippen molar-refractivity contribution in [2.75, 3.05) is 10.6 Å². The lowest BCUT2D eigenvalue weighted by molar-refractivity contribution is -0.137. The molecule has 0 spiro atoms. The summed E-state index contributed by atoms with van der Waals surface area (Å²) in [5.41, 5.74) is -3.32. The molecule has 0 saturated carbocycles. The second kappa shape index (κ2) is 8.20. The molecule has 1 aromatic carbocycles. The van der Waals surface area contributed by atoms with E-state index in [4.69, 9.17) is 0 Å². The lowest BCUT2D eigenvalue weighted by atomic mass is 10.0. The van der Waals surface area contributed by atoms with Crippen LogP contribution in [0.3, 0.4) is 0 Å². The van der Waals surface area contributed by atoms with Gasteiger partial charge in [0.1, 0.15) is 0 Å². The third-order valence-corrected chi connectivity index (χ3v) is 3.80. The quantitative estimate of drug-likeness (QED) is 0.435.